The molecule has 0 nitrogen and oxygen atoms in total. The summed E-state index contributed by atoms with van der Waals surface area (Å²) < 4.78 is 0. The second kappa shape index (κ2) is 1.29. The Kier molecular flexibility index (Phi) is 0.778. The van der Waals surface area contributed by atoms with E-state index in [1.165, 1.54) is 25.7 Å². The minimum atomic E-state index is 0.845. The number of hydrogen-bond donors (Lipinski definition) is 0. The molecule has 0 spiro atoms. The normalized spacial score (nSPS) is 52.9. The predicted molar refractivity (Wildman–Crippen MR) is 34.7 cm³/mol. The van der Waals surface area contributed by atoms with Crippen molar-refractivity contribution in [1.82, 2.24) is 0 Å². The first kappa shape index (κ1) is 4.84. The third-order valence-corrected chi connectivity index (χ3v) is 3.09. The molecular formula is C8H14. The maximum absolute atomic E-state index is 2.46. The van der Waals surface area contributed by atoms with E-state index in [0.29, 0.717) is 0 Å². The van der Waals surface area contributed by atoms with Crippen molar-refractivity contribution in [3.63, 3.8) is 0 Å². The summed E-state index contributed by atoms with van der Waals surface area (Å²) in [5.41, 5.74) is 0.845. The number of hydrogen-bond acceptors (Lipinski definition) is 0. The highest BCUT2D eigenvalue weighted by Crippen LogP contribution is 2.60. The Morgan fingerprint density at radius 1 is 1.38 bits per heavy atom. The van der Waals surface area contributed by atoms with Crippen molar-refractivity contribution in [2.24, 2.45) is 11.3 Å². The molecule has 2 fully saturated rings. The van der Waals surface area contributed by atoms with Crippen LogP contribution in [0.15, 0.2) is 0 Å². The summed E-state index contributed by atoms with van der Waals surface area (Å²) in [5.74, 6) is 1.15. The summed E-state index contributed by atoms with van der Waals surface area (Å²) in [5, 5.41) is 0. The fourth-order valence-corrected chi connectivity index (χ4v) is 2.18. The van der Waals surface area contributed by atoms with Crippen LogP contribution in [0.1, 0.15) is 39.0 Å². The molecule has 2 rings (SSSR count). The smallest absolute Gasteiger partial charge is 0.0294 e. The van der Waals surface area contributed by atoms with Crippen LogP contribution in [0.3, 0.4) is 0 Å². The van der Waals surface area contributed by atoms with Crippen molar-refractivity contribution in [2.75, 3.05) is 0 Å². The molecule has 2 saturated carbocycles. The highest BCUT2D eigenvalue weighted by atomic mass is 14.5. The molecule has 0 heterocycles. The Labute approximate surface area is 51.3 Å². The SMILES string of the molecule is C[C@@]12CCCCC1C2. The fourth-order valence-electron chi connectivity index (χ4n) is 2.18. The first-order valence-electron chi connectivity index (χ1n) is 3.81. The maximum atomic E-state index is 2.46. The average Bonchev–Trinajstić information content (AvgIpc) is 2.39. The van der Waals surface area contributed by atoms with E-state index in [9.17, 15) is 0 Å². The van der Waals surface area contributed by atoms with Gasteiger partial charge < -0.3 is 0 Å². The van der Waals surface area contributed by atoms with Crippen LogP contribution in [0.4, 0.5) is 0 Å². The summed E-state index contributed by atoms with van der Waals surface area (Å²) in [6.45, 7) is 2.46. The van der Waals surface area contributed by atoms with E-state index >= 15 is 0 Å². The maximum Gasteiger partial charge on any atom is -0.0294 e. The van der Waals surface area contributed by atoms with Crippen molar-refractivity contribution >= 4 is 0 Å². The van der Waals surface area contributed by atoms with Gasteiger partial charge in [-0.15, -0.1) is 0 Å². The van der Waals surface area contributed by atoms with Crippen LogP contribution in [0.2, 0.25) is 0 Å². The van der Waals surface area contributed by atoms with E-state index in [1.54, 1.807) is 6.42 Å². The summed E-state index contributed by atoms with van der Waals surface area (Å²) >= 11 is 0. The van der Waals surface area contributed by atoms with E-state index in [1.807, 2.05) is 0 Å². The van der Waals surface area contributed by atoms with Crippen LogP contribution in [-0.4, -0.2) is 0 Å². The van der Waals surface area contributed by atoms with Crippen LogP contribution in [0.25, 0.3) is 0 Å². The molecule has 0 radical (unpaired) electrons. The molecule has 0 aromatic carbocycles. The van der Waals surface area contributed by atoms with Crippen molar-refractivity contribution < 1.29 is 0 Å². The molecule has 2 atom stereocenters. The molecule has 0 aromatic heterocycles. The zero-order chi connectivity index (χ0) is 5.61. The van der Waals surface area contributed by atoms with Gasteiger partial charge >= 0.3 is 0 Å². The van der Waals surface area contributed by atoms with E-state index in [0.717, 1.165) is 11.3 Å². The molecule has 1 unspecified atom stereocenters. The first-order chi connectivity index (χ1) is 3.81. The zero-order valence-electron chi connectivity index (χ0n) is 5.61. The van der Waals surface area contributed by atoms with Crippen molar-refractivity contribution in [3.05, 3.63) is 0 Å². The molecule has 0 bridgehead atoms. The summed E-state index contributed by atoms with van der Waals surface area (Å²) in [4.78, 5) is 0. The Morgan fingerprint density at radius 3 is 2.75 bits per heavy atom. The van der Waals surface area contributed by atoms with Gasteiger partial charge in [-0.25, -0.2) is 0 Å². The summed E-state index contributed by atoms with van der Waals surface area (Å²) in [7, 11) is 0. The highest BCUT2D eigenvalue weighted by molar-refractivity contribution is 5.00. The monoisotopic (exact) mass is 110 g/mol. The average molecular weight is 110 g/mol. The molecule has 0 aliphatic heterocycles. The van der Waals surface area contributed by atoms with Gasteiger partial charge in [0.15, 0.2) is 0 Å². The van der Waals surface area contributed by atoms with Crippen LogP contribution < -0.4 is 0 Å². The lowest BCUT2D eigenvalue weighted by Gasteiger charge is -2.15. The molecule has 46 valence electrons. The fraction of sp³-hybridized carbons (Fsp3) is 1.00. The quantitative estimate of drug-likeness (QED) is 0.449. The third kappa shape index (κ3) is 0.519. The Morgan fingerprint density at radius 2 is 2.25 bits per heavy atom. The molecule has 2 aliphatic carbocycles. The Hall–Kier alpha value is 0. The zero-order valence-corrected chi connectivity index (χ0v) is 5.61. The second-order valence-corrected chi connectivity index (χ2v) is 3.80. The predicted octanol–water partition coefficient (Wildman–Crippen LogP) is 2.59. The van der Waals surface area contributed by atoms with Gasteiger partial charge in [0.1, 0.15) is 0 Å². The van der Waals surface area contributed by atoms with Gasteiger partial charge in [0.2, 0.25) is 0 Å². The van der Waals surface area contributed by atoms with Gasteiger partial charge in [-0.1, -0.05) is 19.8 Å². The lowest BCUT2D eigenvalue weighted by Crippen LogP contribution is -2.03. The lowest BCUT2D eigenvalue weighted by atomic mass is 9.90. The van der Waals surface area contributed by atoms with Crippen molar-refractivity contribution in [2.45, 2.75) is 39.0 Å². The topological polar surface area (TPSA) is 0 Å². The van der Waals surface area contributed by atoms with Gasteiger partial charge in [-0.2, -0.15) is 0 Å². The van der Waals surface area contributed by atoms with Crippen LogP contribution in [-0.2, 0) is 0 Å². The molecule has 0 aromatic rings. The van der Waals surface area contributed by atoms with E-state index in [2.05, 4.69) is 6.92 Å². The van der Waals surface area contributed by atoms with E-state index in [4.69, 9.17) is 0 Å². The van der Waals surface area contributed by atoms with Crippen molar-refractivity contribution in [1.29, 1.82) is 0 Å². The third-order valence-electron chi connectivity index (χ3n) is 3.09. The Bertz CT molecular complexity index is 105. The molecule has 0 heteroatoms. The minimum absolute atomic E-state index is 0.845. The second-order valence-electron chi connectivity index (χ2n) is 3.80. The van der Waals surface area contributed by atoms with Crippen LogP contribution in [0.5, 0.6) is 0 Å². The van der Waals surface area contributed by atoms with Gasteiger partial charge in [0, 0.05) is 0 Å². The standard InChI is InChI=1S/C8H14/c1-8-5-3-2-4-7(8)6-8/h7H,2-6H2,1H3/t7?,8-/m0/s1. The molecule has 8 heavy (non-hydrogen) atoms. The Balaban J connectivity index is 2.04. The van der Waals surface area contributed by atoms with Gasteiger partial charge in [0.25, 0.3) is 0 Å². The van der Waals surface area contributed by atoms with Crippen LogP contribution >= 0.6 is 0 Å². The molecule has 2 aliphatic rings. The minimum Gasteiger partial charge on any atom is -0.0594 e. The molecule has 0 amide bonds. The summed E-state index contributed by atoms with van der Waals surface area (Å²) in [6.07, 6.45) is 7.63. The van der Waals surface area contributed by atoms with Crippen LogP contribution in [0, 0.1) is 11.3 Å². The summed E-state index contributed by atoms with van der Waals surface area (Å²) in [6, 6.07) is 0. The number of rotatable bonds is 0. The van der Waals surface area contributed by atoms with E-state index in [-0.39, 0.29) is 0 Å². The molecular weight excluding hydrogens is 96.1 g/mol. The lowest BCUT2D eigenvalue weighted by molar-refractivity contribution is 0.366. The van der Waals surface area contributed by atoms with Gasteiger partial charge in [-0.3, -0.25) is 0 Å². The molecule has 0 saturated heterocycles. The van der Waals surface area contributed by atoms with Gasteiger partial charge in [-0.05, 0) is 30.6 Å². The van der Waals surface area contributed by atoms with Crippen molar-refractivity contribution in [3.8, 4) is 0 Å². The van der Waals surface area contributed by atoms with Gasteiger partial charge in [0.05, 0.1) is 0 Å². The largest absolute Gasteiger partial charge is 0.0594 e. The van der Waals surface area contributed by atoms with E-state index < -0.39 is 0 Å². The highest BCUT2D eigenvalue weighted by Gasteiger charge is 2.50. The first-order valence-corrected chi connectivity index (χ1v) is 3.81. The number of fused-ring (bicyclic) bond motifs is 1. The molecule has 0 N–H and O–H groups in total.